The molecule has 0 bridgehead atoms. The second-order valence-electron chi connectivity index (χ2n) is 4.88. The zero-order valence-corrected chi connectivity index (χ0v) is 10.3. The van der Waals surface area contributed by atoms with E-state index < -0.39 is 0 Å². The molecule has 0 saturated heterocycles. The summed E-state index contributed by atoms with van der Waals surface area (Å²) in [6.45, 7) is 7.05. The van der Waals surface area contributed by atoms with Gasteiger partial charge in [0, 0.05) is 19.1 Å². The van der Waals surface area contributed by atoms with Crippen molar-refractivity contribution in [1.29, 1.82) is 0 Å². The minimum absolute atomic E-state index is 0.492. The van der Waals surface area contributed by atoms with Crippen LogP contribution in [0.25, 0.3) is 0 Å². The van der Waals surface area contributed by atoms with Crippen molar-refractivity contribution in [3.63, 3.8) is 0 Å². The zero-order valence-electron chi connectivity index (χ0n) is 10.3. The molecular formula is C12H26N2. The molecular weight excluding hydrogens is 172 g/mol. The topological polar surface area (TPSA) is 15.3 Å². The predicted octanol–water partition coefficient (Wildman–Crippen LogP) is 2.11. The maximum Gasteiger partial charge on any atom is 0.00936 e. The third-order valence-corrected chi connectivity index (χ3v) is 3.81. The van der Waals surface area contributed by atoms with Crippen LogP contribution < -0.4 is 5.32 Å². The van der Waals surface area contributed by atoms with Crippen molar-refractivity contribution >= 4 is 0 Å². The second kappa shape index (κ2) is 5.13. The van der Waals surface area contributed by atoms with Crippen LogP contribution in [0, 0.1) is 5.41 Å². The predicted molar refractivity (Wildman–Crippen MR) is 62.6 cm³/mol. The van der Waals surface area contributed by atoms with Crippen LogP contribution in [0.3, 0.4) is 0 Å². The fourth-order valence-electron chi connectivity index (χ4n) is 2.33. The molecule has 1 N–H and O–H groups in total. The first-order valence-electron chi connectivity index (χ1n) is 6.02. The Morgan fingerprint density at radius 2 is 1.86 bits per heavy atom. The third kappa shape index (κ3) is 2.96. The Kier molecular flexibility index (Phi) is 4.39. The quantitative estimate of drug-likeness (QED) is 0.674. The van der Waals surface area contributed by atoms with Crippen LogP contribution in [0.5, 0.6) is 0 Å². The monoisotopic (exact) mass is 198 g/mol. The molecule has 1 aliphatic rings. The summed E-state index contributed by atoms with van der Waals surface area (Å²) in [6.07, 6.45) is 5.39. The molecule has 1 aliphatic carbocycles. The lowest BCUT2D eigenvalue weighted by Crippen LogP contribution is -2.42. The molecule has 0 aromatic rings. The minimum atomic E-state index is 0.492. The fraction of sp³-hybridized carbons (Fsp3) is 1.00. The summed E-state index contributed by atoms with van der Waals surface area (Å²) in [5.74, 6) is 0. The maximum atomic E-state index is 3.35. The molecule has 0 atom stereocenters. The Bertz CT molecular complexity index is 160. The van der Waals surface area contributed by atoms with Crippen molar-refractivity contribution in [2.45, 2.75) is 45.6 Å². The molecule has 1 fully saturated rings. The van der Waals surface area contributed by atoms with E-state index in [-0.39, 0.29) is 0 Å². The average molecular weight is 198 g/mol. The molecule has 2 heteroatoms. The molecule has 0 aromatic heterocycles. The van der Waals surface area contributed by atoms with Gasteiger partial charge < -0.3 is 10.2 Å². The first-order valence-corrected chi connectivity index (χ1v) is 6.02. The van der Waals surface area contributed by atoms with E-state index in [1.807, 2.05) is 0 Å². The highest BCUT2D eigenvalue weighted by atomic mass is 15.2. The first-order chi connectivity index (χ1) is 6.67. The number of hydrogen-bond donors (Lipinski definition) is 1. The Balaban J connectivity index is 2.46. The number of nitrogens with zero attached hydrogens (tertiary/aromatic N) is 1. The fourth-order valence-corrected chi connectivity index (χ4v) is 2.33. The van der Waals surface area contributed by atoms with Crippen molar-refractivity contribution in [3.8, 4) is 0 Å². The van der Waals surface area contributed by atoms with Crippen molar-refractivity contribution in [2.75, 3.05) is 27.2 Å². The molecule has 1 saturated carbocycles. The molecule has 1 rings (SSSR count). The van der Waals surface area contributed by atoms with Gasteiger partial charge in [-0.25, -0.2) is 0 Å². The highest BCUT2D eigenvalue weighted by Crippen LogP contribution is 2.32. The van der Waals surface area contributed by atoms with E-state index in [0.29, 0.717) is 5.41 Å². The van der Waals surface area contributed by atoms with Gasteiger partial charge in [0.05, 0.1) is 0 Å². The van der Waals surface area contributed by atoms with Crippen molar-refractivity contribution < 1.29 is 0 Å². The molecule has 0 aromatic carbocycles. The van der Waals surface area contributed by atoms with E-state index in [1.165, 1.54) is 32.2 Å². The Hall–Kier alpha value is -0.0800. The molecule has 0 spiro atoms. The van der Waals surface area contributed by atoms with Crippen molar-refractivity contribution in [2.24, 2.45) is 5.41 Å². The van der Waals surface area contributed by atoms with E-state index in [9.17, 15) is 0 Å². The van der Waals surface area contributed by atoms with E-state index >= 15 is 0 Å². The molecule has 0 amide bonds. The van der Waals surface area contributed by atoms with Gasteiger partial charge in [-0.1, -0.05) is 13.8 Å². The van der Waals surface area contributed by atoms with Crippen LogP contribution in [0.4, 0.5) is 0 Å². The lowest BCUT2D eigenvalue weighted by Gasteiger charge is -2.35. The van der Waals surface area contributed by atoms with Crippen LogP contribution >= 0.6 is 0 Å². The number of nitrogens with one attached hydrogen (secondary N) is 1. The largest absolute Gasteiger partial charge is 0.319 e. The van der Waals surface area contributed by atoms with Gasteiger partial charge in [0.15, 0.2) is 0 Å². The van der Waals surface area contributed by atoms with E-state index in [0.717, 1.165) is 12.6 Å². The highest BCUT2D eigenvalue weighted by Gasteiger charge is 2.33. The van der Waals surface area contributed by atoms with Crippen LogP contribution in [0.2, 0.25) is 0 Å². The summed E-state index contributed by atoms with van der Waals surface area (Å²) < 4.78 is 0. The van der Waals surface area contributed by atoms with Gasteiger partial charge in [0.25, 0.3) is 0 Å². The van der Waals surface area contributed by atoms with Gasteiger partial charge in [0.1, 0.15) is 0 Å². The molecule has 0 heterocycles. The smallest absolute Gasteiger partial charge is 0.00936 e. The molecule has 0 radical (unpaired) electrons. The summed E-state index contributed by atoms with van der Waals surface area (Å²) in [5.41, 5.74) is 0.492. The maximum absolute atomic E-state index is 3.35. The van der Waals surface area contributed by atoms with E-state index in [1.54, 1.807) is 0 Å². The Labute approximate surface area is 89.1 Å². The summed E-state index contributed by atoms with van der Waals surface area (Å²) in [5, 5.41) is 3.35. The summed E-state index contributed by atoms with van der Waals surface area (Å²) in [7, 11) is 4.35. The summed E-state index contributed by atoms with van der Waals surface area (Å²) in [4.78, 5) is 2.56. The third-order valence-electron chi connectivity index (χ3n) is 3.81. The molecule has 14 heavy (non-hydrogen) atoms. The lowest BCUT2D eigenvalue weighted by atomic mass is 9.81. The van der Waals surface area contributed by atoms with E-state index in [2.05, 4.69) is 38.2 Å². The van der Waals surface area contributed by atoms with Crippen LogP contribution in [-0.2, 0) is 0 Å². The molecule has 2 nitrogen and oxygen atoms in total. The minimum Gasteiger partial charge on any atom is -0.319 e. The van der Waals surface area contributed by atoms with Gasteiger partial charge in [0.2, 0.25) is 0 Å². The lowest BCUT2D eigenvalue weighted by molar-refractivity contribution is 0.153. The molecule has 84 valence electrons. The van der Waals surface area contributed by atoms with Crippen molar-refractivity contribution in [3.05, 3.63) is 0 Å². The van der Waals surface area contributed by atoms with E-state index in [4.69, 9.17) is 0 Å². The first kappa shape index (κ1) is 12.0. The number of rotatable bonds is 7. The van der Waals surface area contributed by atoms with Crippen LogP contribution in [-0.4, -0.2) is 38.1 Å². The average Bonchev–Trinajstić information content (AvgIpc) is 3.00. The summed E-state index contributed by atoms with van der Waals surface area (Å²) in [6, 6.07) is 0.893. The molecule has 0 unspecified atom stereocenters. The van der Waals surface area contributed by atoms with Crippen LogP contribution in [0.15, 0.2) is 0 Å². The second-order valence-corrected chi connectivity index (χ2v) is 4.88. The van der Waals surface area contributed by atoms with Gasteiger partial charge in [-0.15, -0.1) is 0 Å². The Morgan fingerprint density at radius 3 is 2.21 bits per heavy atom. The normalized spacial score (nSPS) is 17.8. The van der Waals surface area contributed by atoms with Crippen LogP contribution in [0.1, 0.15) is 39.5 Å². The zero-order chi connectivity index (χ0) is 10.6. The van der Waals surface area contributed by atoms with Gasteiger partial charge >= 0.3 is 0 Å². The molecule has 0 aliphatic heterocycles. The van der Waals surface area contributed by atoms with Gasteiger partial charge in [-0.3, -0.25) is 0 Å². The SMILES string of the molecule is CCC(CC)(CNC)CN(C)C1CC1. The standard InChI is InChI=1S/C12H26N2/c1-5-12(6-2,9-13-3)10-14(4)11-7-8-11/h11,13H,5-10H2,1-4H3. The van der Waals surface area contributed by atoms with Gasteiger partial charge in [-0.2, -0.15) is 0 Å². The number of hydrogen-bond acceptors (Lipinski definition) is 2. The van der Waals surface area contributed by atoms with Crippen molar-refractivity contribution in [1.82, 2.24) is 10.2 Å². The summed E-state index contributed by atoms with van der Waals surface area (Å²) >= 11 is 0. The van der Waals surface area contributed by atoms with Gasteiger partial charge in [-0.05, 0) is 45.2 Å². The Morgan fingerprint density at radius 1 is 1.29 bits per heavy atom. The highest BCUT2D eigenvalue weighted by molar-refractivity contribution is 4.88.